The highest BCUT2D eigenvalue weighted by Gasteiger charge is 2.18. The molecule has 0 amide bonds. The molecule has 1 aliphatic carbocycles. The van der Waals surface area contributed by atoms with Crippen molar-refractivity contribution in [1.29, 1.82) is 0 Å². The van der Waals surface area contributed by atoms with Crippen molar-refractivity contribution < 1.29 is 4.74 Å². The van der Waals surface area contributed by atoms with Crippen LogP contribution >= 0.6 is 0 Å². The second-order valence-electron chi connectivity index (χ2n) is 6.95. The molecular formula is C18H29NO. The number of ether oxygens (including phenoxy) is 1. The van der Waals surface area contributed by atoms with Gasteiger partial charge in [-0.3, -0.25) is 0 Å². The van der Waals surface area contributed by atoms with Crippen LogP contribution < -0.4 is 10.1 Å². The van der Waals surface area contributed by atoms with E-state index in [0.717, 1.165) is 31.4 Å². The molecule has 0 aromatic heterocycles. The van der Waals surface area contributed by atoms with Gasteiger partial charge in [-0.05, 0) is 42.3 Å². The molecule has 0 radical (unpaired) electrons. The van der Waals surface area contributed by atoms with Crippen molar-refractivity contribution in [2.45, 2.75) is 51.9 Å². The van der Waals surface area contributed by atoms with Crippen molar-refractivity contribution in [1.82, 2.24) is 5.32 Å². The fraction of sp³-hybridized carbons (Fsp3) is 0.667. The van der Waals surface area contributed by atoms with Crippen LogP contribution in [0.5, 0.6) is 5.75 Å². The smallest absolute Gasteiger partial charge is 0.123 e. The second-order valence-corrected chi connectivity index (χ2v) is 6.95. The van der Waals surface area contributed by atoms with E-state index in [1.807, 2.05) is 0 Å². The van der Waals surface area contributed by atoms with E-state index in [2.05, 4.69) is 50.4 Å². The molecule has 20 heavy (non-hydrogen) atoms. The topological polar surface area (TPSA) is 21.3 Å². The van der Waals surface area contributed by atoms with E-state index in [9.17, 15) is 0 Å². The molecule has 0 unspecified atom stereocenters. The third-order valence-electron chi connectivity index (χ3n) is 4.14. The summed E-state index contributed by atoms with van der Waals surface area (Å²) in [6.45, 7) is 9.54. The Labute approximate surface area is 123 Å². The summed E-state index contributed by atoms with van der Waals surface area (Å²) < 4.78 is 5.97. The molecule has 0 spiro atoms. The fourth-order valence-electron chi connectivity index (χ4n) is 2.97. The summed E-state index contributed by atoms with van der Waals surface area (Å²) in [5.74, 6) is 1.93. The lowest BCUT2D eigenvalue weighted by Crippen LogP contribution is -2.26. The van der Waals surface area contributed by atoms with Gasteiger partial charge in [0.05, 0.1) is 0 Å². The fourth-order valence-corrected chi connectivity index (χ4v) is 2.97. The second kappa shape index (κ2) is 7.12. The molecule has 1 N–H and O–H groups in total. The average Bonchev–Trinajstić information content (AvgIpc) is 2.91. The van der Waals surface area contributed by atoms with Gasteiger partial charge in [-0.1, -0.05) is 51.8 Å². The Kier molecular flexibility index (Phi) is 5.47. The molecule has 112 valence electrons. The maximum Gasteiger partial charge on any atom is 0.123 e. The molecular weight excluding hydrogens is 246 g/mol. The minimum absolute atomic E-state index is 0.133. The van der Waals surface area contributed by atoms with E-state index < -0.39 is 0 Å². The molecule has 1 fully saturated rings. The van der Waals surface area contributed by atoms with E-state index in [-0.39, 0.29) is 5.41 Å². The van der Waals surface area contributed by atoms with Crippen molar-refractivity contribution in [2.24, 2.45) is 5.92 Å². The van der Waals surface area contributed by atoms with E-state index in [1.165, 1.54) is 31.2 Å². The standard InChI is InChI=1S/C18H29NO/c1-18(2,3)16-10-6-7-11-17(16)20-13-12-19-14-15-8-4-5-9-15/h6-7,10-11,15,19H,4-5,8-9,12-14H2,1-3H3. The molecule has 0 aliphatic heterocycles. The zero-order valence-corrected chi connectivity index (χ0v) is 13.2. The number of nitrogens with one attached hydrogen (secondary N) is 1. The van der Waals surface area contributed by atoms with Gasteiger partial charge in [0.2, 0.25) is 0 Å². The van der Waals surface area contributed by atoms with Crippen LogP contribution in [0.2, 0.25) is 0 Å². The molecule has 2 rings (SSSR count). The van der Waals surface area contributed by atoms with E-state index in [1.54, 1.807) is 0 Å². The van der Waals surface area contributed by atoms with Crippen LogP contribution in [0, 0.1) is 5.92 Å². The molecule has 1 aromatic carbocycles. The molecule has 0 saturated heterocycles. The quantitative estimate of drug-likeness (QED) is 0.788. The highest BCUT2D eigenvalue weighted by Crippen LogP contribution is 2.30. The SMILES string of the molecule is CC(C)(C)c1ccccc1OCCNCC1CCCC1. The Morgan fingerprint density at radius 1 is 1.15 bits per heavy atom. The lowest BCUT2D eigenvalue weighted by Gasteiger charge is -2.22. The number of hydrogen-bond acceptors (Lipinski definition) is 2. The Morgan fingerprint density at radius 3 is 2.55 bits per heavy atom. The normalized spacial score (nSPS) is 16.6. The summed E-state index contributed by atoms with van der Waals surface area (Å²) in [5.41, 5.74) is 1.42. The summed E-state index contributed by atoms with van der Waals surface area (Å²) in [5, 5.41) is 3.53. The van der Waals surface area contributed by atoms with Crippen molar-refractivity contribution >= 4 is 0 Å². The van der Waals surface area contributed by atoms with Crippen LogP contribution in [0.15, 0.2) is 24.3 Å². The number of hydrogen-bond donors (Lipinski definition) is 1. The first-order valence-corrected chi connectivity index (χ1v) is 8.00. The van der Waals surface area contributed by atoms with Crippen LogP contribution in [0.1, 0.15) is 52.0 Å². The van der Waals surface area contributed by atoms with Gasteiger partial charge in [0.1, 0.15) is 12.4 Å². The largest absolute Gasteiger partial charge is 0.492 e. The van der Waals surface area contributed by atoms with Crippen molar-refractivity contribution in [3.8, 4) is 5.75 Å². The molecule has 1 saturated carbocycles. The average molecular weight is 275 g/mol. The molecule has 1 aromatic rings. The molecule has 0 atom stereocenters. The van der Waals surface area contributed by atoms with Crippen molar-refractivity contribution in [3.05, 3.63) is 29.8 Å². The molecule has 0 bridgehead atoms. The number of benzene rings is 1. The number of para-hydroxylation sites is 1. The first-order valence-electron chi connectivity index (χ1n) is 8.00. The molecule has 1 aliphatic rings. The van der Waals surface area contributed by atoms with Gasteiger partial charge in [-0.15, -0.1) is 0 Å². The van der Waals surface area contributed by atoms with Gasteiger partial charge >= 0.3 is 0 Å². The zero-order valence-electron chi connectivity index (χ0n) is 13.2. The third kappa shape index (κ3) is 4.52. The lowest BCUT2D eigenvalue weighted by atomic mass is 9.86. The highest BCUT2D eigenvalue weighted by molar-refractivity contribution is 5.38. The maximum absolute atomic E-state index is 5.97. The summed E-state index contributed by atoms with van der Waals surface area (Å²) in [4.78, 5) is 0. The van der Waals surface area contributed by atoms with Gasteiger partial charge in [0.15, 0.2) is 0 Å². The van der Waals surface area contributed by atoms with Crippen LogP contribution in [0.4, 0.5) is 0 Å². The minimum atomic E-state index is 0.133. The molecule has 0 heterocycles. The van der Waals surface area contributed by atoms with Crippen LogP contribution in [-0.4, -0.2) is 19.7 Å². The van der Waals surface area contributed by atoms with Gasteiger partial charge in [0.25, 0.3) is 0 Å². The first kappa shape index (κ1) is 15.4. The number of rotatable bonds is 6. The van der Waals surface area contributed by atoms with E-state index in [4.69, 9.17) is 4.74 Å². The minimum Gasteiger partial charge on any atom is -0.492 e. The Balaban J connectivity index is 1.73. The summed E-state index contributed by atoms with van der Waals surface area (Å²) >= 11 is 0. The van der Waals surface area contributed by atoms with Gasteiger partial charge in [0, 0.05) is 6.54 Å². The zero-order chi connectivity index (χ0) is 14.4. The Morgan fingerprint density at radius 2 is 1.85 bits per heavy atom. The Bertz CT molecular complexity index is 402. The van der Waals surface area contributed by atoms with Crippen LogP contribution in [0.3, 0.4) is 0 Å². The third-order valence-corrected chi connectivity index (χ3v) is 4.14. The van der Waals surface area contributed by atoms with Gasteiger partial charge in [-0.2, -0.15) is 0 Å². The Hall–Kier alpha value is -1.02. The first-order chi connectivity index (χ1) is 9.57. The lowest BCUT2D eigenvalue weighted by molar-refractivity contribution is 0.301. The predicted molar refractivity (Wildman–Crippen MR) is 85.5 cm³/mol. The van der Waals surface area contributed by atoms with Crippen LogP contribution in [-0.2, 0) is 5.41 Å². The van der Waals surface area contributed by atoms with Crippen LogP contribution in [0.25, 0.3) is 0 Å². The highest BCUT2D eigenvalue weighted by atomic mass is 16.5. The van der Waals surface area contributed by atoms with Gasteiger partial charge < -0.3 is 10.1 Å². The van der Waals surface area contributed by atoms with Crippen molar-refractivity contribution in [3.63, 3.8) is 0 Å². The molecule has 2 nitrogen and oxygen atoms in total. The maximum atomic E-state index is 5.97. The van der Waals surface area contributed by atoms with E-state index >= 15 is 0 Å². The molecule has 2 heteroatoms. The summed E-state index contributed by atoms with van der Waals surface area (Å²) in [6.07, 6.45) is 5.64. The predicted octanol–water partition coefficient (Wildman–Crippen LogP) is 4.14. The van der Waals surface area contributed by atoms with Gasteiger partial charge in [-0.25, -0.2) is 0 Å². The monoisotopic (exact) mass is 275 g/mol. The summed E-state index contributed by atoms with van der Waals surface area (Å²) in [6, 6.07) is 8.39. The summed E-state index contributed by atoms with van der Waals surface area (Å²) in [7, 11) is 0. The van der Waals surface area contributed by atoms with E-state index in [0.29, 0.717) is 0 Å². The van der Waals surface area contributed by atoms with Crippen molar-refractivity contribution in [2.75, 3.05) is 19.7 Å².